The Balaban J connectivity index is 2.98. The zero-order chi connectivity index (χ0) is 17.2. The number of rotatable bonds is 8. The van der Waals surface area contributed by atoms with Crippen LogP contribution in [0.25, 0.3) is 0 Å². The zero-order valence-corrected chi connectivity index (χ0v) is 12.2. The predicted molar refractivity (Wildman–Crippen MR) is 81.2 cm³/mol. The molecule has 1 rings (SSSR count). The smallest absolute Gasteiger partial charge is 0.292 e. The fourth-order valence-corrected chi connectivity index (χ4v) is 1.77. The van der Waals surface area contributed by atoms with E-state index in [0.29, 0.717) is 0 Å². The summed E-state index contributed by atoms with van der Waals surface area (Å²) in [6, 6.07) is 7.48. The number of hydrogen-bond donors (Lipinski definition) is 3. The molecule has 1 aromatic rings. The Bertz CT molecular complexity index is 632. The van der Waals surface area contributed by atoms with E-state index in [-0.39, 0.29) is 43.3 Å². The topological polar surface area (TPSA) is 140 Å². The molecule has 3 N–H and O–H groups in total. The van der Waals surface area contributed by atoms with Gasteiger partial charge in [0.1, 0.15) is 17.3 Å². The lowest BCUT2D eigenvalue weighted by Gasteiger charge is -2.20. The Labute approximate surface area is 132 Å². The van der Waals surface area contributed by atoms with Crippen molar-refractivity contribution in [2.75, 3.05) is 31.6 Å². The molecule has 0 atom stereocenters. The maximum absolute atomic E-state index is 12.1. The molecule has 0 unspecified atom stereocenters. The second-order valence-electron chi connectivity index (χ2n) is 4.33. The van der Waals surface area contributed by atoms with Crippen LogP contribution in [0, 0.1) is 21.4 Å². The molecule has 0 aliphatic carbocycles. The van der Waals surface area contributed by atoms with E-state index in [1.54, 1.807) is 12.1 Å². The fraction of sp³-hybridized carbons (Fsp3) is 0.286. The molecule has 0 fully saturated rings. The van der Waals surface area contributed by atoms with Crippen molar-refractivity contribution in [3.05, 3.63) is 46.2 Å². The second kappa shape index (κ2) is 9.14. The number of nitriles is 1. The molecule has 0 spiro atoms. The van der Waals surface area contributed by atoms with Gasteiger partial charge in [-0.3, -0.25) is 14.9 Å². The Morgan fingerprint density at radius 3 is 2.48 bits per heavy atom. The largest absolute Gasteiger partial charge is 0.395 e. The Morgan fingerprint density at radius 1 is 1.35 bits per heavy atom. The van der Waals surface area contributed by atoms with E-state index in [1.807, 2.05) is 0 Å². The number of aliphatic hydroxyl groups excluding tert-OH is 2. The van der Waals surface area contributed by atoms with Gasteiger partial charge in [0.15, 0.2) is 0 Å². The number of carbonyl (C=O) groups excluding carboxylic acids is 1. The van der Waals surface area contributed by atoms with Crippen LogP contribution in [0.4, 0.5) is 11.4 Å². The van der Waals surface area contributed by atoms with Gasteiger partial charge in [-0.05, 0) is 6.07 Å². The van der Waals surface area contributed by atoms with Crippen LogP contribution in [0.1, 0.15) is 0 Å². The van der Waals surface area contributed by atoms with E-state index in [4.69, 9.17) is 15.5 Å². The van der Waals surface area contributed by atoms with Gasteiger partial charge < -0.3 is 20.4 Å². The maximum atomic E-state index is 12.1. The van der Waals surface area contributed by atoms with Crippen LogP contribution in [0.5, 0.6) is 0 Å². The molecule has 9 heteroatoms. The minimum atomic E-state index is -0.693. The standard InChI is InChI=1S/C14H16N4O5/c15-9-11(14(21)17(5-7-19)6-8-20)10-16-12-3-1-2-4-13(12)18(22)23/h1-4,10,16,19-20H,5-8H2/b11-10-. The van der Waals surface area contributed by atoms with Crippen molar-refractivity contribution in [3.63, 3.8) is 0 Å². The summed E-state index contributed by atoms with van der Waals surface area (Å²) >= 11 is 0. The van der Waals surface area contributed by atoms with E-state index < -0.39 is 10.8 Å². The molecule has 0 heterocycles. The first-order valence-electron chi connectivity index (χ1n) is 6.66. The number of hydrogen-bond acceptors (Lipinski definition) is 7. The molecule has 9 nitrogen and oxygen atoms in total. The number of nitro benzene ring substituents is 1. The van der Waals surface area contributed by atoms with Gasteiger partial charge in [-0.15, -0.1) is 0 Å². The Morgan fingerprint density at radius 2 is 1.96 bits per heavy atom. The molecule has 1 aromatic carbocycles. The molecule has 23 heavy (non-hydrogen) atoms. The van der Waals surface area contributed by atoms with Crippen LogP contribution >= 0.6 is 0 Å². The zero-order valence-electron chi connectivity index (χ0n) is 12.2. The minimum Gasteiger partial charge on any atom is -0.395 e. The molecule has 1 amide bonds. The van der Waals surface area contributed by atoms with Crippen molar-refractivity contribution >= 4 is 17.3 Å². The number of anilines is 1. The Hall–Kier alpha value is -2.96. The van der Waals surface area contributed by atoms with E-state index >= 15 is 0 Å². The molecule has 0 aliphatic rings. The number of aliphatic hydroxyl groups is 2. The average Bonchev–Trinajstić information content (AvgIpc) is 2.55. The van der Waals surface area contributed by atoms with E-state index in [1.165, 1.54) is 18.2 Å². The molecule has 0 radical (unpaired) electrons. The first-order valence-corrected chi connectivity index (χ1v) is 6.66. The molecular weight excluding hydrogens is 304 g/mol. The first-order chi connectivity index (χ1) is 11.0. The van der Waals surface area contributed by atoms with Crippen LogP contribution in [-0.4, -0.2) is 52.2 Å². The van der Waals surface area contributed by atoms with Crippen molar-refractivity contribution in [2.45, 2.75) is 0 Å². The number of amides is 1. The maximum Gasteiger partial charge on any atom is 0.292 e. The summed E-state index contributed by atoms with van der Waals surface area (Å²) in [7, 11) is 0. The van der Waals surface area contributed by atoms with Gasteiger partial charge >= 0.3 is 0 Å². The number of benzene rings is 1. The number of nitro groups is 1. The number of nitrogens with zero attached hydrogens (tertiary/aromatic N) is 3. The third-order valence-electron chi connectivity index (χ3n) is 2.85. The third-order valence-corrected chi connectivity index (χ3v) is 2.85. The molecular formula is C14H16N4O5. The van der Waals surface area contributed by atoms with Crippen LogP contribution < -0.4 is 5.32 Å². The van der Waals surface area contributed by atoms with Gasteiger partial charge in [0.05, 0.1) is 18.1 Å². The van der Waals surface area contributed by atoms with Gasteiger partial charge in [0.2, 0.25) is 0 Å². The van der Waals surface area contributed by atoms with E-state index in [2.05, 4.69) is 5.32 Å². The van der Waals surface area contributed by atoms with Gasteiger partial charge in [-0.1, -0.05) is 12.1 Å². The van der Waals surface area contributed by atoms with Crippen LogP contribution in [0.15, 0.2) is 36.0 Å². The van der Waals surface area contributed by atoms with Crippen molar-refractivity contribution in [1.82, 2.24) is 4.90 Å². The SMILES string of the molecule is N#C/C(=C/Nc1ccccc1[N+](=O)[O-])C(=O)N(CCO)CCO. The van der Waals surface area contributed by atoms with Crippen LogP contribution in [0.2, 0.25) is 0 Å². The summed E-state index contributed by atoms with van der Waals surface area (Å²) in [6.07, 6.45) is 1.06. The van der Waals surface area contributed by atoms with Gasteiger partial charge in [0.25, 0.3) is 11.6 Å². The van der Waals surface area contributed by atoms with E-state index in [0.717, 1.165) is 11.1 Å². The molecule has 122 valence electrons. The highest BCUT2D eigenvalue weighted by Crippen LogP contribution is 2.23. The molecule has 0 saturated heterocycles. The highest BCUT2D eigenvalue weighted by Gasteiger charge is 2.18. The third kappa shape index (κ3) is 5.06. The summed E-state index contributed by atoms with van der Waals surface area (Å²) in [5.74, 6) is -0.693. The van der Waals surface area contributed by atoms with Crippen molar-refractivity contribution < 1.29 is 19.9 Å². The lowest BCUT2D eigenvalue weighted by atomic mass is 10.2. The van der Waals surface area contributed by atoms with Crippen molar-refractivity contribution in [1.29, 1.82) is 5.26 Å². The highest BCUT2D eigenvalue weighted by molar-refractivity contribution is 5.97. The summed E-state index contributed by atoms with van der Waals surface area (Å²) in [5.41, 5.74) is -0.366. The molecule has 0 saturated carbocycles. The predicted octanol–water partition coefficient (Wildman–Crippen LogP) is 0.227. The summed E-state index contributed by atoms with van der Waals surface area (Å²) in [6.45, 7) is -0.710. The minimum absolute atomic E-state index is 0.0378. The van der Waals surface area contributed by atoms with Crippen molar-refractivity contribution in [3.8, 4) is 6.07 Å². The van der Waals surface area contributed by atoms with Crippen LogP contribution in [0.3, 0.4) is 0 Å². The van der Waals surface area contributed by atoms with Crippen molar-refractivity contribution in [2.24, 2.45) is 0 Å². The number of carbonyl (C=O) groups is 1. The lowest BCUT2D eigenvalue weighted by Crippen LogP contribution is -2.36. The summed E-state index contributed by atoms with van der Waals surface area (Å²) < 4.78 is 0. The number of para-hydroxylation sites is 2. The van der Waals surface area contributed by atoms with E-state index in [9.17, 15) is 14.9 Å². The first kappa shape index (κ1) is 18.1. The highest BCUT2D eigenvalue weighted by atomic mass is 16.6. The molecule has 0 aliphatic heterocycles. The quantitative estimate of drug-likeness (QED) is 0.269. The van der Waals surface area contributed by atoms with Gasteiger partial charge in [-0.25, -0.2) is 0 Å². The lowest BCUT2D eigenvalue weighted by molar-refractivity contribution is -0.383. The average molecular weight is 320 g/mol. The Kier molecular flexibility index (Phi) is 7.19. The monoisotopic (exact) mass is 320 g/mol. The van der Waals surface area contributed by atoms with Crippen LogP contribution in [-0.2, 0) is 4.79 Å². The number of nitrogens with one attached hydrogen (secondary N) is 1. The fourth-order valence-electron chi connectivity index (χ4n) is 1.77. The second-order valence-corrected chi connectivity index (χ2v) is 4.33. The molecule has 0 aromatic heterocycles. The summed E-state index contributed by atoms with van der Waals surface area (Å²) in [4.78, 5) is 23.5. The molecule has 0 bridgehead atoms. The van der Waals surface area contributed by atoms with Gasteiger partial charge in [-0.2, -0.15) is 5.26 Å². The van der Waals surface area contributed by atoms with Gasteiger partial charge in [0, 0.05) is 25.4 Å². The normalized spacial score (nSPS) is 10.7. The summed E-state index contributed by atoms with van der Waals surface area (Å²) in [5, 5.41) is 40.3.